The number of thiophene rings is 1. The molecule has 9 heteroatoms. The molecule has 1 aromatic carbocycles. The number of likely N-dealkylation sites (N-methyl/N-ethyl adjacent to an activating group) is 1. The predicted molar refractivity (Wildman–Crippen MR) is 117 cm³/mol. The Labute approximate surface area is 181 Å². The number of esters is 1. The van der Waals surface area contributed by atoms with Gasteiger partial charge in [0.15, 0.2) is 0 Å². The Morgan fingerprint density at radius 2 is 1.83 bits per heavy atom. The van der Waals surface area contributed by atoms with E-state index in [1.165, 1.54) is 30.5 Å². The third-order valence-corrected chi connectivity index (χ3v) is 8.02. The summed E-state index contributed by atoms with van der Waals surface area (Å²) >= 11 is 1.38. The summed E-state index contributed by atoms with van der Waals surface area (Å²) in [5.74, 6) is -0.954. The van der Waals surface area contributed by atoms with E-state index < -0.39 is 21.9 Å². The number of amides is 1. The van der Waals surface area contributed by atoms with Gasteiger partial charge in [-0.25, -0.2) is 13.2 Å². The minimum Gasteiger partial charge on any atom is -0.462 e. The number of ether oxygens (including phenoxy) is 1. The molecule has 0 aliphatic heterocycles. The molecule has 1 aliphatic carbocycles. The summed E-state index contributed by atoms with van der Waals surface area (Å²) in [7, 11) is -2.43. The second-order valence-electron chi connectivity index (χ2n) is 7.26. The number of anilines is 1. The second kappa shape index (κ2) is 9.28. The maximum atomic E-state index is 12.7. The fourth-order valence-electron chi connectivity index (χ4n) is 3.42. The van der Waals surface area contributed by atoms with Crippen LogP contribution < -0.4 is 5.32 Å². The highest BCUT2D eigenvalue weighted by atomic mass is 32.2. The van der Waals surface area contributed by atoms with Gasteiger partial charge in [0.05, 0.1) is 23.6 Å². The van der Waals surface area contributed by atoms with Crippen LogP contribution in [0.2, 0.25) is 0 Å². The number of nitrogens with zero attached hydrogens (tertiary/aromatic N) is 1. The standard InChI is InChI=1S/C21H26N2O5S2/c1-4-28-21(25)19-16-7-5-6-8-17(16)29-20(19)22-18(24)13-23(3)30(26,27)15-11-9-14(2)10-12-15/h9-12H,4-8,13H2,1-3H3,(H,22,24). The minimum atomic E-state index is -3.80. The van der Waals surface area contributed by atoms with E-state index in [0.29, 0.717) is 10.6 Å². The van der Waals surface area contributed by atoms with Crippen molar-refractivity contribution in [2.75, 3.05) is 25.5 Å². The Morgan fingerprint density at radius 1 is 1.17 bits per heavy atom. The molecule has 0 fully saturated rings. The van der Waals surface area contributed by atoms with Crippen molar-refractivity contribution in [1.82, 2.24) is 4.31 Å². The van der Waals surface area contributed by atoms with Gasteiger partial charge in [0, 0.05) is 11.9 Å². The predicted octanol–water partition coefficient (Wildman–Crippen LogP) is 3.37. The van der Waals surface area contributed by atoms with Crippen LogP contribution in [0.3, 0.4) is 0 Å². The zero-order chi connectivity index (χ0) is 21.9. The lowest BCUT2D eigenvalue weighted by atomic mass is 9.95. The van der Waals surface area contributed by atoms with Crippen molar-refractivity contribution in [3.63, 3.8) is 0 Å². The molecule has 0 radical (unpaired) electrons. The first-order chi connectivity index (χ1) is 14.2. The van der Waals surface area contributed by atoms with Gasteiger partial charge in [-0.15, -0.1) is 11.3 Å². The van der Waals surface area contributed by atoms with Gasteiger partial charge in [0.2, 0.25) is 15.9 Å². The molecule has 1 heterocycles. The van der Waals surface area contributed by atoms with Gasteiger partial charge in [-0.2, -0.15) is 4.31 Å². The first-order valence-electron chi connectivity index (χ1n) is 9.88. The summed E-state index contributed by atoms with van der Waals surface area (Å²) in [6.45, 7) is 3.49. The maximum Gasteiger partial charge on any atom is 0.341 e. The van der Waals surface area contributed by atoms with Crippen LogP contribution in [0.5, 0.6) is 0 Å². The van der Waals surface area contributed by atoms with Crippen molar-refractivity contribution in [3.05, 3.63) is 45.8 Å². The number of carbonyl (C=O) groups is 2. The van der Waals surface area contributed by atoms with E-state index in [1.54, 1.807) is 19.1 Å². The Hall–Kier alpha value is -2.23. The zero-order valence-electron chi connectivity index (χ0n) is 17.4. The molecule has 30 heavy (non-hydrogen) atoms. The lowest BCUT2D eigenvalue weighted by Gasteiger charge is -2.17. The topological polar surface area (TPSA) is 92.8 Å². The molecule has 3 rings (SSSR count). The van der Waals surface area contributed by atoms with Crippen molar-refractivity contribution in [2.24, 2.45) is 0 Å². The zero-order valence-corrected chi connectivity index (χ0v) is 19.0. The third-order valence-electron chi connectivity index (χ3n) is 5.00. The van der Waals surface area contributed by atoms with Crippen LogP contribution in [0.4, 0.5) is 5.00 Å². The van der Waals surface area contributed by atoms with Crippen molar-refractivity contribution in [2.45, 2.75) is 44.4 Å². The molecule has 7 nitrogen and oxygen atoms in total. The Morgan fingerprint density at radius 3 is 2.50 bits per heavy atom. The van der Waals surface area contributed by atoms with Gasteiger partial charge in [0.25, 0.3) is 0 Å². The van der Waals surface area contributed by atoms with E-state index in [1.807, 2.05) is 6.92 Å². The van der Waals surface area contributed by atoms with E-state index in [9.17, 15) is 18.0 Å². The average molecular weight is 451 g/mol. The Kier molecular flexibility index (Phi) is 6.95. The summed E-state index contributed by atoms with van der Waals surface area (Å²) in [4.78, 5) is 26.3. The van der Waals surface area contributed by atoms with E-state index >= 15 is 0 Å². The summed E-state index contributed by atoms with van der Waals surface area (Å²) in [5.41, 5.74) is 2.30. The Balaban J connectivity index is 1.78. The molecule has 1 amide bonds. The fourth-order valence-corrected chi connectivity index (χ4v) is 5.84. The monoisotopic (exact) mass is 450 g/mol. The lowest BCUT2D eigenvalue weighted by molar-refractivity contribution is -0.116. The molecule has 162 valence electrons. The molecule has 0 atom stereocenters. The highest BCUT2D eigenvalue weighted by Gasteiger charge is 2.28. The van der Waals surface area contributed by atoms with Crippen LogP contribution in [-0.2, 0) is 32.4 Å². The number of benzene rings is 1. The average Bonchev–Trinajstić information content (AvgIpc) is 3.06. The molecule has 0 unspecified atom stereocenters. The molecule has 0 saturated carbocycles. The first kappa shape index (κ1) is 22.5. The quantitative estimate of drug-likeness (QED) is 0.653. The van der Waals surface area contributed by atoms with Gasteiger partial charge < -0.3 is 10.1 Å². The van der Waals surface area contributed by atoms with Gasteiger partial charge in [-0.1, -0.05) is 17.7 Å². The molecule has 1 aromatic heterocycles. The fraction of sp³-hybridized carbons (Fsp3) is 0.429. The molecule has 1 aliphatic rings. The molecule has 2 aromatic rings. The number of hydrogen-bond acceptors (Lipinski definition) is 6. The summed E-state index contributed by atoms with van der Waals surface area (Å²) in [5, 5.41) is 3.18. The third kappa shape index (κ3) is 4.74. The summed E-state index contributed by atoms with van der Waals surface area (Å²) < 4.78 is 31.6. The van der Waals surface area contributed by atoms with Crippen molar-refractivity contribution < 1.29 is 22.7 Å². The maximum absolute atomic E-state index is 12.7. The summed E-state index contributed by atoms with van der Waals surface area (Å²) in [6.07, 6.45) is 3.67. The van der Waals surface area contributed by atoms with Gasteiger partial charge in [-0.05, 0) is 57.2 Å². The van der Waals surface area contributed by atoms with Crippen LogP contribution in [-0.4, -0.2) is 44.8 Å². The summed E-state index contributed by atoms with van der Waals surface area (Å²) in [6, 6.07) is 6.46. The van der Waals surface area contributed by atoms with Crippen LogP contribution in [0.15, 0.2) is 29.2 Å². The van der Waals surface area contributed by atoms with Crippen molar-refractivity contribution in [1.29, 1.82) is 0 Å². The second-order valence-corrected chi connectivity index (χ2v) is 10.4. The van der Waals surface area contributed by atoms with Crippen LogP contribution >= 0.6 is 11.3 Å². The van der Waals surface area contributed by atoms with Crippen LogP contribution in [0.25, 0.3) is 0 Å². The number of sulfonamides is 1. The molecule has 0 saturated heterocycles. The lowest BCUT2D eigenvalue weighted by Crippen LogP contribution is -2.35. The van der Waals surface area contributed by atoms with Crippen LogP contribution in [0.1, 0.15) is 46.1 Å². The van der Waals surface area contributed by atoms with E-state index in [2.05, 4.69) is 5.32 Å². The van der Waals surface area contributed by atoms with Crippen molar-refractivity contribution >= 4 is 38.2 Å². The number of aryl methyl sites for hydroxylation is 2. The van der Waals surface area contributed by atoms with E-state index in [4.69, 9.17) is 4.74 Å². The molecular formula is C21H26N2O5S2. The van der Waals surface area contributed by atoms with E-state index in [-0.39, 0.29) is 18.0 Å². The smallest absolute Gasteiger partial charge is 0.341 e. The van der Waals surface area contributed by atoms with Gasteiger partial charge >= 0.3 is 5.97 Å². The Bertz CT molecular complexity index is 1040. The normalized spacial score (nSPS) is 13.7. The molecular weight excluding hydrogens is 424 g/mol. The molecule has 0 spiro atoms. The molecule has 1 N–H and O–H groups in total. The molecule has 0 bridgehead atoms. The number of hydrogen-bond donors (Lipinski definition) is 1. The van der Waals surface area contributed by atoms with E-state index in [0.717, 1.165) is 46.0 Å². The SMILES string of the molecule is CCOC(=O)c1c(NC(=O)CN(C)S(=O)(=O)c2ccc(C)cc2)sc2c1CCCC2. The van der Waals surface area contributed by atoms with Gasteiger partial charge in [0.1, 0.15) is 5.00 Å². The number of fused-ring (bicyclic) bond motifs is 1. The van der Waals surface area contributed by atoms with Crippen LogP contribution in [0, 0.1) is 6.92 Å². The minimum absolute atomic E-state index is 0.127. The van der Waals surface area contributed by atoms with Gasteiger partial charge in [-0.3, -0.25) is 4.79 Å². The number of nitrogens with one attached hydrogen (secondary N) is 1. The number of rotatable bonds is 7. The van der Waals surface area contributed by atoms with Crippen molar-refractivity contribution in [3.8, 4) is 0 Å². The highest BCUT2D eigenvalue weighted by molar-refractivity contribution is 7.89. The largest absolute Gasteiger partial charge is 0.462 e. The number of carbonyl (C=O) groups excluding carboxylic acids is 2. The first-order valence-corrected chi connectivity index (χ1v) is 12.1. The highest BCUT2D eigenvalue weighted by Crippen LogP contribution is 2.38.